The molecule has 7 heteroatoms. The molecule has 2 aromatic rings. The maximum atomic E-state index is 13.8. The Kier molecular flexibility index (Phi) is 3.48. The molecule has 1 aromatic carbocycles. The van der Waals surface area contributed by atoms with Gasteiger partial charge in [-0.25, -0.2) is 13.9 Å². The van der Waals surface area contributed by atoms with Crippen LogP contribution in [0.4, 0.5) is 4.39 Å². The quantitative estimate of drug-likeness (QED) is 0.917. The van der Waals surface area contributed by atoms with Crippen molar-refractivity contribution in [3.8, 4) is 5.69 Å². The van der Waals surface area contributed by atoms with E-state index >= 15 is 0 Å². The molecule has 0 aliphatic rings. The van der Waals surface area contributed by atoms with E-state index in [9.17, 15) is 14.0 Å². The summed E-state index contributed by atoms with van der Waals surface area (Å²) in [6.07, 6.45) is 1.29. The predicted molar refractivity (Wildman–Crippen MR) is 69.2 cm³/mol. The fraction of sp³-hybridized carbons (Fsp3) is 0.0833. The van der Waals surface area contributed by atoms with Crippen molar-refractivity contribution in [1.82, 2.24) is 9.78 Å². The third kappa shape index (κ3) is 2.55. The molecule has 0 saturated heterocycles. The Hall–Kier alpha value is -2.02. The number of hydrogen-bond acceptors (Lipinski definition) is 3. The van der Waals surface area contributed by atoms with E-state index in [1.54, 1.807) is 6.07 Å². The van der Waals surface area contributed by atoms with E-state index in [2.05, 4.69) is 21.0 Å². The minimum absolute atomic E-state index is 0.0637. The van der Waals surface area contributed by atoms with Crippen LogP contribution >= 0.6 is 15.9 Å². The zero-order chi connectivity index (χ0) is 14.2. The SMILES string of the molecule is Cc1cn(-c2ccc(Br)cc2F)nc(C(=O)O)c1=O. The van der Waals surface area contributed by atoms with E-state index in [-0.39, 0.29) is 11.3 Å². The first-order chi connectivity index (χ1) is 8.90. The fourth-order valence-electron chi connectivity index (χ4n) is 1.54. The van der Waals surface area contributed by atoms with Gasteiger partial charge < -0.3 is 5.11 Å². The van der Waals surface area contributed by atoms with Crippen molar-refractivity contribution in [1.29, 1.82) is 0 Å². The minimum atomic E-state index is -1.44. The predicted octanol–water partition coefficient (Wildman–Crippen LogP) is 2.14. The Morgan fingerprint density at radius 1 is 1.47 bits per heavy atom. The molecule has 1 N–H and O–H groups in total. The molecule has 19 heavy (non-hydrogen) atoms. The Morgan fingerprint density at radius 2 is 2.16 bits per heavy atom. The number of benzene rings is 1. The summed E-state index contributed by atoms with van der Waals surface area (Å²) < 4.78 is 15.4. The zero-order valence-corrected chi connectivity index (χ0v) is 11.3. The van der Waals surface area contributed by atoms with Crippen LogP contribution in [-0.4, -0.2) is 20.9 Å². The standard InChI is InChI=1S/C12H8BrFN2O3/c1-6-5-16(15-10(11(6)17)12(18)19)9-3-2-7(13)4-8(9)14/h2-5H,1H3,(H,18,19). The zero-order valence-electron chi connectivity index (χ0n) is 9.72. The molecule has 1 heterocycles. The monoisotopic (exact) mass is 326 g/mol. The number of carbonyl (C=O) groups is 1. The summed E-state index contributed by atoms with van der Waals surface area (Å²) >= 11 is 3.12. The number of rotatable bonds is 2. The lowest BCUT2D eigenvalue weighted by Gasteiger charge is -2.08. The number of aromatic carboxylic acids is 1. The summed E-state index contributed by atoms with van der Waals surface area (Å²) in [6, 6.07) is 4.25. The largest absolute Gasteiger partial charge is 0.476 e. The van der Waals surface area contributed by atoms with Gasteiger partial charge in [-0.2, -0.15) is 5.10 Å². The first-order valence-corrected chi connectivity index (χ1v) is 5.98. The number of hydrogen-bond donors (Lipinski definition) is 1. The molecule has 5 nitrogen and oxygen atoms in total. The Bertz CT molecular complexity index is 727. The van der Waals surface area contributed by atoms with E-state index in [4.69, 9.17) is 5.11 Å². The molecular weight excluding hydrogens is 319 g/mol. The van der Waals surface area contributed by atoms with Crippen molar-refractivity contribution >= 4 is 21.9 Å². The third-order valence-corrected chi connectivity index (χ3v) is 2.95. The number of carboxylic acid groups (broad SMARTS) is 1. The second-order valence-corrected chi connectivity index (χ2v) is 4.75. The molecule has 0 aliphatic heterocycles. The molecule has 1 aromatic heterocycles. The van der Waals surface area contributed by atoms with Gasteiger partial charge in [0.05, 0.1) is 0 Å². The molecule has 98 valence electrons. The molecule has 0 atom stereocenters. The normalized spacial score (nSPS) is 10.5. The van der Waals surface area contributed by atoms with Gasteiger partial charge in [0, 0.05) is 16.2 Å². The summed E-state index contributed by atoms with van der Waals surface area (Å²) in [5.74, 6) is -2.03. The molecule has 0 aliphatic carbocycles. The summed E-state index contributed by atoms with van der Waals surface area (Å²) in [4.78, 5) is 22.5. The molecule has 0 bridgehead atoms. The first-order valence-electron chi connectivity index (χ1n) is 5.19. The van der Waals surface area contributed by atoms with Crippen molar-refractivity contribution in [3.05, 3.63) is 56.2 Å². The highest BCUT2D eigenvalue weighted by Crippen LogP contribution is 2.18. The van der Waals surface area contributed by atoms with Crippen LogP contribution in [0.1, 0.15) is 16.1 Å². The molecule has 0 fully saturated rings. The lowest BCUT2D eigenvalue weighted by molar-refractivity contribution is 0.0686. The maximum absolute atomic E-state index is 13.8. The van der Waals surface area contributed by atoms with Crippen LogP contribution in [0.15, 0.2) is 33.7 Å². The van der Waals surface area contributed by atoms with Crippen LogP contribution in [0.2, 0.25) is 0 Å². The van der Waals surface area contributed by atoms with Crippen LogP contribution in [0, 0.1) is 12.7 Å². The van der Waals surface area contributed by atoms with Gasteiger partial charge in [0.25, 0.3) is 0 Å². The van der Waals surface area contributed by atoms with Crippen LogP contribution in [0.3, 0.4) is 0 Å². The highest BCUT2D eigenvalue weighted by atomic mass is 79.9. The molecule has 2 rings (SSSR count). The highest BCUT2D eigenvalue weighted by Gasteiger charge is 2.15. The topological polar surface area (TPSA) is 72.2 Å². The van der Waals surface area contributed by atoms with E-state index in [0.29, 0.717) is 4.47 Å². The van der Waals surface area contributed by atoms with Crippen molar-refractivity contribution in [2.75, 3.05) is 0 Å². The van der Waals surface area contributed by atoms with Crippen LogP contribution in [-0.2, 0) is 0 Å². The Labute approximate surface area is 115 Å². The Morgan fingerprint density at radius 3 is 2.74 bits per heavy atom. The molecular formula is C12H8BrFN2O3. The summed E-state index contributed by atoms with van der Waals surface area (Å²) in [7, 11) is 0. The average molecular weight is 327 g/mol. The second-order valence-electron chi connectivity index (χ2n) is 3.84. The fourth-order valence-corrected chi connectivity index (χ4v) is 1.87. The summed E-state index contributed by atoms with van der Waals surface area (Å²) in [5, 5.41) is 12.5. The number of halogens is 2. The number of aromatic nitrogens is 2. The number of aryl methyl sites for hydroxylation is 1. The van der Waals surface area contributed by atoms with Crippen molar-refractivity contribution in [2.24, 2.45) is 0 Å². The first kappa shape index (κ1) is 13.4. The number of nitrogens with zero attached hydrogens (tertiary/aromatic N) is 2. The van der Waals surface area contributed by atoms with Gasteiger partial charge >= 0.3 is 5.97 Å². The van der Waals surface area contributed by atoms with Gasteiger partial charge in [-0.3, -0.25) is 4.79 Å². The van der Waals surface area contributed by atoms with E-state index in [0.717, 1.165) is 4.68 Å². The third-order valence-electron chi connectivity index (χ3n) is 2.46. The van der Waals surface area contributed by atoms with Gasteiger partial charge in [0.15, 0.2) is 0 Å². The van der Waals surface area contributed by atoms with Gasteiger partial charge in [-0.1, -0.05) is 15.9 Å². The number of carboxylic acids is 1. The lowest BCUT2D eigenvalue weighted by atomic mass is 10.2. The maximum Gasteiger partial charge on any atom is 0.360 e. The van der Waals surface area contributed by atoms with Gasteiger partial charge in [0.2, 0.25) is 11.1 Å². The lowest BCUT2D eigenvalue weighted by Crippen LogP contribution is -2.23. The van der Waals surface area contributed by atoms with E-state index < -0.39 is 22.9 Å². The Balaban J connectivity index is 2.70. The van der Waals surface area contributed by atoms with E-state index in [1.165, 1.54) is 25.3 Å². The summed E-state index contributed by atoms with van der Waals surface area (Å²) in [5.41, 5.74) is -1.08. The molecule has 0 saturated carbocycles. The molecule has 0 spiro atoms. The summed E-state index contributed by atoms with van der Waals surface area (Å²) in [6.45, 7) is 1.45. The second kappa shape index (κ2) is 4.93. The van der Waals surface area contributed by atoms with E-state index in [1.807, 2.05) is 0 Å². The van der Waals surface area contributed by atoms with Gasteiger partial charge in [-0.05, 0) is 25.1 Å². The van der Waals surface area contributed by atoms with Crippen LogP contribution in [0.5, 0.6) is 0 Å². The van der Waals surface area contributed by atoms with Crippen molar-refractivity contribution < 1.29 is 14.3 Å². The molecule has 0 unspecified atom stereocenters. The average Bonchev–Trinajstić information content (AvgIpc) is 2.32. The van der Waals surface area contributed by atoms with Crippen LogP contribution < -0.4 is 5.43 Å². The minimum Gasteiger partial charge on any atom is -0.476 e. The van der Waals surface area contributed by atoms with Crippen molar-refractivity contribution in [3.63, 3.8) is 0 Å². The van der Waals surface area contributed by atoms with Gasteiger partial charge in [-0.15, -0.1) is 0 Å². The smallest absolute Gasteiger partial charge is 0.360 e. The molecule has 0 radical (unpaired) electrons. The van der Waals surface area contributed by atoms with Crippen LogP contribution in [0.25, 0.3) is 5.69 Å². The van der Waals surface area contributed by atoms with Gasteiger partial charge in [0.1, 0.15) is 11.5 Å². The highest BCUT2D eigenvalue weighted by molar-refractivity contribution is 9.10. The molecule has 0 amide bonds. The van der Waals surface area contributed by atoms with Crippen molar-refractivity contribution in [2.45, 2.75) is 6.92 Å².